The zero-order valence-electron chi connectivity index (χ0n) is 23.5. The molecule has 2 aromatic carbocycles. The second-order valence-electron chi connectivity index (χ2n) is 10.9. The summed E-state index contributed by atoms with van der Waals surface area (Å²) in [6, 6.07) is 13.9. The molecule has 0 saturated carbocycles. The van der Waals surface area contributed by atoms with Gasteiger partial charge in [0.05, 0.1) is 36.0 Å². The minimum absolute atomic E-state index is 0.0524. The second kappa shape index (κ2) is 13.1. The number of aliphatic hydroxyl groups excluding tert-OH is 1. The molecule has 1 amide bonds. The fourth-order valence-corrected chi connectivity index (χ4v) is 5.08. The molecule has 8 nitrogen and oxygen atoms in total. The summed E-state index contributed by atoms with van der Waals surface area (Å²) in [4.78, 5) is 31.4. The van der Waals surface area contributed by atoms with E-state index in [1.165, 1.54) is 12.3 Å². The van der Waals surface area contributed by atoms with E-state index in [9.17, 15) is 14.7 Å². The number of halogens is 2. The first-order valence-corrected chi connectivity index (χ1v) is 14.2. The third-order valence-corrected chi connectivity index (χ3v) is 7.14. The molecule has 0 saturated heterocycles. The maximum atomic E-state index is 13.4. The molecule has 0 fully saturated rings. The second-order valence-corrected chi connectivity index (χ2v) is 11.7. The predicted molar refractivity (Wildman–Crippen MR) is 157 cm³/mol. The monoisotopic (exact) mass is 600 g/mol. The van der Waals surface area contributed by atoms with Crippen LogP contribution in [0, 0.1) is 0 Å². The van der Waals surface area contributed by atoms with Gasteiger partial charge in [-0.3, -0.25) is 0 Å². The Labute approximate surface area is 250 Å². The molecule has 2 atom stereocenters. The number of aromatic nitrogens is 1. The molecule has 1 aliphatic rings. The fraction of sp³-hybridized carbons (Fsp3) is 0.387. The van der Waals surface area contributed by atoms with Crippen molar-refractivity contribution in [1.29, 1.82) is 0 Å². The number of carbonyl (C=O) groups is 2. The molecule has 0 spiro atoms. The van der Waals surface area contributed by atoms with Crippen LogP contribution in [0.15, 0.2) is 54.7 Å². The first-order chi connectivity index (χ1) is 19.4. The van der Waals surface area contributed by atoms with Crippen molar-refractivity contribution >= 4 is 35.3 Å². The molecule has 10 heteroatoms. The van der Waals surface area contributed by atoms with Gasteiger partial charge >= 0.3 is 12.1 Å². The molecule has 3 aromatic rings. The molecule has 0 bridgehead atoms. The average Bonchev–Trinajstić information content (AvgIpc) is 2.91. The number of carbonyl (C=O) groups excluding carboxylic acids is 2. The molecule has 1 aromatic heterocycles. The third kappa shape index (κ3) is 8.12. The lowest BCUT2D eigenvalue weighted by molar-refractivity contribution is 0.00194. The lowest BCUT2D eigenvalue weighted by Crippen LogP contribution is -2.47. The Hall–Kier alpha value is -3.33. The molecule has 0 radical (unpaired) electrons. The summed E-state index contributed by atoms with van der Waals surface area (Å²) in [7, 11) is 0. The molecule has 218 valence electrons. The van der Waals surface area contributed by atoms with Gasteiger partial charge in [0, 0.05) is 17.1 Å². The van der Waals surface area contributed by atoms with E-state index >= 15 is 0 Å². The third-order valence-electron chi connectivity index (χ3n) is 6.60. The molecule has 4 rings (SSSR count). The van der Waals surface area contributed by atoms with E-state index in [0.717, 1.165) is 17.5 Å². The van der Waals surface area contributed by atoms with E-state index in [1.54, 1.807) is 36.1 Å². The number of amides is 1. The minimum Gasteiger partial charge on any atom is -0.462 e. The standard InChI is InChI=1S/C31H34Cl2N2O6/c1-5-39-29(37)25-16-28(34-17-26(25)33)40-24-12-10-19-9-11-23(14-21(19)15-24)35(30(38)41-31(2,3)4)18-27(36)20-7-6-8-22(32)13-20/h6-8,10,12-13,15-17,23,27,36H,5,9,11,14,18H2,1-4H3/t23-,27+/m0/s1. The summed E-state index contributed by atoms with van der Waals surface area (Å²) in [6.45, 7) is 7.43. The van der Waals surface area contributed by atoms with Crippen molar-refractivity contribution in [3.05, 3.63) is 87.0 Å². The van der Waals surface area contributed by atoms with Crippen LogP contribution >= 0.6 is 23.2 Å². The molecular weight excluding hydrogens is 567 g/mol. The first kappa shape index (κ1) is 30.6. The summed E-state index contributed by atoms with van der Waals surface area (Å²) in [5.74, 6) is 0.168. The van der Waals surface area contributed by atoms with Gasteiger partial charge in [0.2, 0.25) is 5.88 Å². The summed E-state index contributed by atoms with van der Waals surface area (Å²) in [6.07, 6.45) is 1.89. The van der Waals surface area contributed by atoms with Crippen molar-refractivity contribution in [3.63, 3.8) is 0 Å². The van der Waals surface area contributed by atoms with Crippen molar-refractivity contribution in [1.82, 2.24) is 9.88 Å². The number of aliphatic hydroxyl groups is 1. The van der Waals surface area contributed by atoms with Gasteiger partial charge in [-0.1, -0.05) is 41.4 Å². The summed E-state index contributed by atoms with van der Waals surface area (Å²) >= 11 is 12.3. The van der Waals surface area contributed by atoms with Gasteiger partial charge in [-0.15, -0.1) is 0 Å². The van der Waals surface area contributed by atoms with Crippen LogP contribution in [-0.2, 0) is 22.3 Å². The number of aryl methyl sites for hydroxylation is 1. The van der Waals surface area contributed by atoms with Crippen molar-refractivity contribution in [3.8, 4) is 11.6 Å². The Balaban J connectivity index is 1.55. The number of benzene rings is 2. The fourth-order valence-electron chi connectivity index (χ4n) is 4.70. The summed E-state index contributed by atoms with van der Waals surface area (Å²) in [5, 5.41) is 11.7. The van der Waals surface area contributed by atoms with Crippen molar-refractivity contribution in [2.75, 3.05) is 13.2 Å². The Bertz CT molecular complexity index is 1410. The Morgan fingerprint density at radius 2 is 1.90 bits per heavy atom. The molecule has 1 N–H and O–H groups in total. The van der Waals surface area contributed by atoms with E-state index in [-0.39, 0.29) is 35.7 Å². The summed E-state index contributed by atoms with van der Waals surface area (Å²) < 4.78 is 16.8. The largest absolute Gasteiger partial charge is 0.462 e. The molecule has 1 aliphatic carbocycles. The van der Waals surface area contributed by atoms with Gasteiger partial charge in [0.1, 0.15) is 11.4 Å². The number of fused-ring (bicyclic) bond motifs is 1. The van der Waals surface area contributed by atoms with Crippen LogP contribution < -0.4 is 4.74 Å². The van der Waals surface area contributed by atoms with E-state index in [0.29, 0.717) is 29.2 Å². The van der Waals surface area contributed by atoms with Gasteiger partial charge in [0.25, 0.3) is 0 Å². The SMILES string of the molecule is CCOC(=O)c1cc(Oc2ccc3c(c2)C[C@@H](N(C[C@@H](O)c2cccc(Cl)c2)C(=O)OC(C)(C)C)CC3)ncc1Cl. The number of pyridine rings is 1. The summed E-state index contributed by atoms with van der Waals surface area (Å²) in [5.41, 5.74) is 2.24. The number of nitrogens with zero attached hydrogens (tertiary/aromatic N) is 2. The molecular formula is C31H34Cl2N2O6. The molecule has 0 aliphatic heterocycles. The molecule has 41 heavy (non-hydrogen) atoms. The number of rotatable bonds is 8. The van der Waals surface area contributed by atoms with Gasteiger partial charge in [-0.05, 0) is 87.9 Å². The smallest absolute Gasteiger partial charge is 0.410 e. The lowest BCUT2D eigenvalue weighted by Gasteiger charge is -2.37. The number of esters is 1. The van der Waals surface area contributed by atoms with Crippen molar-refractivity contribution in [2.45, 2.75) is 64.7 Å². The number of hydrogen-bond acceptors (Lipinski definition) is 7. The van der Waals surface area contributed by atoms with Crippen LogP contribution in [0.4, 0.5) is 4.79 Å². The van der Waals surface area contributed by atoms with Crippen molar-refractivity contribution < 1.29 is 28.9 Å². The normalized spacial score (nSPS) is 15.4. The predicted octanol–water partition coefficient (Wildman–Crippen LogP) is 7.19. The van der Waals surface area contributed by atoms with Crippen molar-refractivity contribution in [2.24, 2.45) is 0 Å². The maximum absolute atomic E-state index is 13.4. The average molecular weight is 602 g/mol. The van der Waals surface area contributed by atoms with Crippen LogP contribution in [0.25, 0.3) is 0 Å². The highest BCUT2D eigenvalue weighted by molar-refractivity contribution is 6.33. The van der Waals surface area contributed by atoms with E-state index in [4.69, 9.17) is 37.4 Å². The van der Waals surface area contributed by atoms with Gasteiger partial charge < -0.3 is 24.2 Å². The molecule has 1 heterocycles. The minimum atomic E-state index is -0.943. The topological polar surface area (TPSA) is 98.2 Å². The zero-order valence-corrected chi connectivity index (χ0v) is 25.0. The highest BCUT2D eigenvalue weighted by Crippen LogP contribution is 2.32. The zero-order chi connectivity index (χ0) is 29.7. The number of hydrogen-bond donors (Lipinski definition) is 1. The van der Waals surface area contributed by atoms with Crippen LogP contribution in [0.3, 0.4) is 0 Å². The van der Waals surface area contributed by atoms with Gasteiger partial charge in [-0.25, -0.2) is 14.6 Å². The van der Waals surface area contributed by atoms with Crippen LogP contribution in [0.1, 0.15) is 67.3 Å². The van der Waals surface area contributed by atoms with E-state index in [2.05, 4.69) is 4.98 Å². The number of ether oxygens (including phenoxy) is 3. The van der Waals surface area contributed by atoms with Crippen LogP contribution in [-0.4, -0.2) is 51.8 Å². The van der Waals surface area contributed by atoms with Crippen LogP contribution in [0.5, 0.6) is 11.6 Å². The Morgan fingerprint density at radius 1 is 1.12 bits per heavy atom. The highest BCUT2D eigenvalue weighted by atomic mass is 35.5. The Morgan fingerprint density at radius 3 is 2.61 bits per heavy atom. The first-order valence-electron chi connectivity index (χ1n) is 13.5. The quantitative estimate of drug-likeness (QED) is 0.273. The van der Waals surface area contributed by atoms with E-state index < -0.39 is 23.8 Å². The van der Waals surface area contributed by atoms with Gasteiger partial charge in [0.15, 0.2) is 0 Å². The lowest BCUT2D eigenvalue weighted by atomic mass is 9.87. The maximum Gasteiger partial charge on any atom is 0.410 e. The Kier molecular flexibility index (Phi) is 9.79. The van der Waals surface area contributed by atoms with Crippen LogP contribution in [0.2, 0.25) is 10.0 Å². The van der Waals surface area contributed by atoms with Gasteiger partial charge in [-0.2, -0.15) is 0 Å². The molecule has 0 unspecified atom stereocenters. The highest BCUT2D eigenvalue weighted by Gasteiger charge is 2.33. The van der Waals surface area contributed by atoms with E-state index in [1.807, 2.05) is 39.0 Å².